The maximum absolute atomic E-state index is 11.7. The molecule has 144 valence electrons. The molecule has 1 aliphatic rings. The van der Waals surface area contributed by atoms with Crippen LogP contribution in [0.3, 0.4) is 0 Å². The number of amides is 1. The summed E-state index contributed by atoms with van der Waals surface area (Å²) in [5, 5.41) is 0. The highest BCUT2D eigenvalue weighted by Gasteiger charge is 2.25. The van der Waals surface area contributed by atoms with Gasteiger partial charge in [-0.15, -0.1) is 0 Å². The Morgan fingerprint density at radius 1 is 1.19 bits per heavy atom. The van der Waals surface area contributed by atoms with Crippen LogP contribution in [-0.2, 0) is 30.3 Å². The molecule has 0 fully saturated rings. The maximum atomic E-state index is 11.7. The molecular formula is C19H28N2O5. The fourth-order valence-electron chi connectivity index (χ4n) is 2.46. The number of nitrogens with zero attached hydrogens (tertiary/aromatic N) is 1. The highest BCUT2D eigenvalue weighted by atomic mass is 16.6. The molecule has 0 saturated carbocycles. The quantitative estimate of drug-likeness (QED) is 0.641. The standard InChI is InChI=1S/C11H14N2O.C8H14O4/c1-13-7-6-8-4-2-3-5-9(8)10(12)11(13)14;1-4-11-7(9)6(3)8(10)12-5-2/h2-5,10H,6-7,12H2,1H3;6H,4-5H2,1-3H3. The molecule has 1 aromatic carbocycles. The van der Waals surface area contributed by atoms with Crippen LogP contribution in [0.4, 0.5) is 0 Å². The van der Waals surface area contributed by atoms with E-state index >= 15 is 0 Å². The number of carbonyl (C=O) groups is 3. The molecule has 7 heteroatoms. The lowest BCUT2D eigenvalue weighted by Gasteiger charge is -2.16. The van der Waals surface area contributed by atoms with E-state index in [1.165, 1.54) is 12.5 Å². The first kappa shape index (κ1) is 21.6. The Balaban J connectivity index is 0.000000265. The molecule has 1 unspecified atom stereocenters. The van der Waals surface area contributed by atoms with E-state index in [9.17, 15) is 14.4 Å². The van der Waals surface area contributed by atoms with Crippen molar-refractivity contribution in [2.75, 3.05) is 26.8 Å². The lowest BCUT2D eigenvalue weighted by molar-refractivity contribution is -0.160. The zero-order valence-electron chi connectivity index (χ0n) is 15.9. The number of hydrogen-bond donors (Lipinski definition) is 1. The number of likely N-dealkylation sites (N-methyl/N-ethyl adjacent to an activating group) is 1. The van der Waals surface area contributed by atoms with Gasteiger partial charge in [0.1, 0.15) is 6.04 Å². The van der Waals surface area contributed by atoms with Crippen molar-refractivity contribution in [2.45, 2.75) is 33.2 Å². The van der Waals surface area contributed by atoms with Crippen molar-refractivity contribution in [3.63, 3.8) is 0 Å². The van der Waals surface area contributed by atoms with Crippen LogP contribution in [0.1, 0.15) is 37.9 Å². The lowest BCUT2D eigenvalue weighted by atomic mass is 10.00. The molecular weight excluding hydrogens is 336 g/mol. The van der Waals surface area contributed by atoms with E-state index in [1.54, 1.807) is 25.8 Å². The smallest absolute Gasteiger partial charge is 0.320 e. The Hall–Kier alpha value is -2.41. The van der Waals surface area contributed by atoms with Crippen molar-refractivity contribution in [1.29, 1.82) is 0 Å². The molecule has 0 aromatic heterocycles. The van der Waals surface area contributed by atoms with E-state index in [-0.39, 0.29) is 19.1 Å². The number of esters is 2. The molecule has 1 amide bonds. The van der Waals surface area contributed by atoms with Crippen molar-refractivity contribution < 1.29 is 23.9 Å². The minimum atomic E-state index is -0.815. The number of rotatable bonds is 4. The van der Waals surface area contributed by atoms with Gasteiger partial charge in [-0.05, 0) is 38.3 Å². The van der Waals surface area contributed by atoms with Gasteiger partial charge in [-0.25, -0.2) is 0 Å². The number of hydrogen-bond acceptors (Lipinski definition) is 6. The zero-order chi connectivity index (χ0) is 19.7. The van der Waals surface area contributed by atoms with Crippen LogP contribution < -0.4 is 5.73 Å². The molecule has 1 aromatic rings. The molecule has 2 rings (SSSR count). The summed E-state index contributed by atoms with van der Waals surface area (Å²) in [5.41, 5.74) is 8.06. The Morgan fingerprint density at radius 3 is 2.27 bits per heavy atom. The van der Waals surface area contributed by atoms with E-state index in [0.29, 0.717) is 0 Å². The van der Waals surface area contributed by atoms with Gasteiger partial charge in [0.2, 0.25) is 5.91 Å². The molecule has 0 aliphatic carbocycles. The van der Waals surface area contributed by atoms with Gasteiger partial charge in [-0.3, -0.25) is 14.4 Å². The second kappa shape index (κ2) is 10.6. The molecule has 0 radical (unpaired) electrons. The van der Waals surface area contributed by atoms with E-state index in [4.69, 9.17) is 5.73 Å². The SMILES string of the molecule is CCOC(=O)C(C)C(=O)OCC.CN1CCc2ccccc2C(N)C1=O. The second-order valence-electron chi connectivity index (χ2n) is 5.91. The van der Waals surface area contributed by atoms with Crippen LogP contribution in [0.25, 0.3) is 0 Å². The van der Waals surface area contributed by atoms with Crippen molar-refractivity contribution in [1.82, 2.24) is 4.90 Å². The molecule has 7 nitrogen and oxygen atoms in total. The van der Waals surface area contributed by atoms with Crippen LogP contribution in [0.15, 0.2) is 24.3 Å². The first-order valence-electron chi connectivity index (χ1n) is 8.75. The minimum absolute atomic E-state index is 0.00921. The summed E-state index contributed by atoms with van der Waals surface area (Å²) < 4.78 is 9.26. The minimum Gasteiger partial charge on any atom is -0.465 e. The molecule has 0 saturated heterocycles. The predicted octanol–water partition coefficient (Wildman–Crippen LogP) is 1.45. The Labute approximate surface area is 154 Å². The van der Waals surface area contributed by atoms with Gasteiger partial charge in [-0.1, -0.05) is 24.3 Å². The van der Waals surface area contributed by atoms with Crippen LogP contribution >= 0.6 is 0 Å². The van der Waals surface area contributed by atoms with Gasteiger partial charge < -0.3 is 20.1 Å². The van der Waals surface area contributed by atoms with Crippen LogP contribution in [0, 0.1) is 5.92 Å². The summed E-state index contributed by atoms with van der Waals surface area (Å²) >= 11 is 0. The summed E-state index contributed by atoms with van der Waals surface area (Å²) in [6.45, 7) is 6.16. The Morgan fingerprint density at radius 2 is 1.73 bits per heavy atom. The third-order valence-electron chi connectivity index (χ3n) is 4.03. The monoisotopic (exact) mass is 364 g/mol. The van der Waals surface area contributed by atoms with Crippen molar-refractivity contribution in [3.05, 3.63) is 35.4 Å². The number of benzene rings is 1. The predicted molar refractivity (Wildman–Crippen MR) is 97.1 cm³/mol. The highest BCUT2D eigenvalue weighted by Crippen LogP contribution is 2.21. The van der Waals surface area contributed by atoms with Gasteiger partial charge >= 0.3 is 11.9 Å². The maximum Gasteiger partial charge on any atom is 0.320 e. The molecule has 26 heavy (non-hydrogen) atoms. The third-order valence-corrected chi connectivity index (χ3v) is 4.03. The number of nitrogens with two attached hydrogens (primary N) is 1. The number of carbonyl (C=O) groups excluding carboxylic acids is 3. The number of ether oxygens (including phenoxy) is 2. The van der Waals surface area contributed by atoms with E-state index in [1.807, 2.05) is 24.3 Å². The van der Waals surface area contributed by atoms with Gasteiger partial charge in [0.25, 0.3) is 0 Å². The fraction of sp³-hybridized carbons (Fsp3) is 0.526. The largest absolute Gasteiger partial charge is 0.465 e. The average molecular weight is 364 g/mol. The van der Waals surface area contributed by atoms with Crippen molar-refractivity contribution in [2.24, 2.45) is 11.7 Å². The Kier molecular flexibility index (Phi) is 8.78. The van der Waals surface area contributed by atoms with Crippen LogP contribution in [0.5, 0.6) is 0 Å². The van der Waals surface area contributed by atoms with E-state index in [0.717, 1.165) is 18.5 Å². The van der Waals surface area contributed by atoms with Gasteiger partial charge in [0.15, 0.2) is 5.92 Å². The van der Waals surface area contributed by atoms with Crippen LogP contribution in [-0.4, -0.2) is 49.6 Å². The molecule has 2 N–H and O–H groups in total. The van der Waals surface area contributed by atoms with Gasteiger partial charge in [-0.2, -0.15) is 0 Å². The number of fused-ring (bicyclic) bond motifs is 1. The topological polar surface area (TPSA) is 98.9 Å². The first-order valence-corrected chi connectivity index (χ1v) is 8.75. The van der Waals surface area contributed by atoms with Gasteiger partial charge in [0, 0.05) is 13.6 Å². The molecule has 0 spiro atoms. The Bertz CT molecular complexity index is 614. The summed E-state index contributed by atoms with van der Waals surface area (Å²) in [7, 11) is 1.80. The summed E-state index contributed by atoms with van der Waals surface area (Å²) in [5.74, 6) is -1.87. The molecule has 1 aliphatic heterocycles. The summed E-state index contributed by atoms with van der Waals surface area (Å²) in [4.78, 5) is 35.3. The molecule has 0 bridgehead atoms. The summed E-state index contributed by atoms with van der Waals surface area (Å²) in [6, 6.07) is 7.41. The molecule has 1 atom stereocenters. The first-order chi connectivity index (χ1) is 12.3. The molecule has 1 heterocycles. The van der Waals surface area contributed by atoms with E-state index < -0.39 is 23.9 Å². The fourth-order valence-corrected chi connectivity index (χ4v) is 2.46. The van der Waals surface area contributed by atoms with Gasteiger partial charge in [0.05, 0.1) is 13.2 Å². The second-order valence-corrected chi connectivity index (χ2v) is 5.91. The van der Waals surface area contributed by atoms with Crippen molar-refractivity contribution in [3.8, 4) is 0 Å². The van der Waals surface area contributed by atoms with Crippen molar-refractivity contribution >= 4 is 17.8 Å². The zero-order valence-corrected chi connectivity index (χ0v) is 15.9. The van der Waals surface area contributed by atoms with Crippen LogP contribution in [0.2, 0.25) is 0 Å². The normalized spacial score (nSPS) is 16.2. The summed E-state index contributed by atoms with van der Waals surface area (Å²) in [6.07, 6.45) is 0.895. The highest BCUT2D eigenvalue weighted by molar-refractivity contribution is 5.94. The van der Waals surface area contributed by atoms with E-state index in [2.05, 4.69) is 9.47 Å². The third kappa shape index (κ3) is 5.84. The lowest BCUT2D eigenvalue weighted by Crippen LogP contribution is -2.34. The average Bonchev–Trinajstić information content (AvgIpc) is 2.74.